The second-order valence-corrected chi connectivity index (χ2v) is 8.92. The van der Waals surface area contributed by atoms with Crippen molar-refractivity contribution in [3.63, 3.8) is 0 Å². The van der Waals surface area contributed by atoms with Gasteiger partial charge in [-0.05, 0) is 23.6 Å². The van der Waals surface area contributed by atoms with Gasteiger partial charge in [0.2, 0.25) is 0 Å². The highest BCUT2D eigenvalue weighted by molar-refractivity contribution is 8.02. The number of hydrogen-bond acceptors (Lipinski definition) is 4. The Kier molecular flexibility index (Phi) is 5.62. The molecule has 1 N–H and O–H groups in total. The van der Waals surface area contributed by atoms with E-state index in [1.165, 1.54) is 16.7 Å². The number of nitrogens with zero attached hydrogens (tertiary/aromatic N) is 1. The van der Waals surface area contributed by atoms with Crippen molar-refractivity contribution in [3.8, 4) is 0 Å². The fraction of sp³-hybridized carbons (Fsp3) is 0.125. The van der Waals surface area contributed by atoms with E-state index in [0.717, 1.165) is 9.90 Å². The van der Waals surface area contributed by atoms with Crippen LogP contribution in [0.1, 0.15) is 35.4 Å². The second kappa shape index (κ2) is 8.31. The third-order valence-electron chi connectivity index (χ3n) is 4.74. The Morgan fingerprint density at radius 3 is 1.61 bits per heavy atom. The fourth-order valence-electron chi connectivity index (χ4n) is 3.43. The summed E-state index contributed by atoms with van der Waals surface area (Å²) in [7, 11) is 0. The van der Waals surface area contributed by atoms with Gasteiger partial charge in [0.1, 0.15) is 0 Å². The van der Waals surface area contributed by atoms with Gasteiger partial charge in [-0.3, -0.25) is 0 Å². The molecule has 4 heteroatoms. The van der Waals surface area contributed by atoms with Crippen LogP contribution in [0.5, 0.6) is 0 Å². The predicted octanol–water partition coefficient (Wildman–Crippen LogP) is 6.28. The largest absolute Gasteiger partial charge is 0.387 e. The minimum atomic E-state index is -0.603. The van der Waals surface area contributed by atoms with E-state index >= 15 is 0 Å². The first-order valence-electron chi connectivity index (χ1n) is 9.19. The number of thioether (sulfide) groups is 1. The molecule has 0 fully saturated rings. The van der Waals surface area contributed by atoms with Crippen molar-refractivity contribution in [2.45, 2.75) is 22.0 Å². The molecule has 0 aliphatic heterocycles. The van der Waals surface area contributed by atoms with Crippen molar-refractivity contribution in [1.29, 1.82) is 0 Å². The highest BCUT2D eigenvalue weighted by atomic mass is 32.2. The lowest BCUT2D eigenvalue weighted by atomic mass is 9.84. The Hall–Kier alpha value is -2.40. The summed E-state index contributed by atoms with van der Waals surface area (Å²) < 4.78 is 0.589. The number of hydrogen-bond donors (Lipinski definition) is 1. The molecule has 1 aromatic heterocycles. The van der Waals surface area contributed by atoms with E-state index in [-0.39, 0.29) is 0 Å². The average Bonchev–Trinajstić information content (AvgIpc) is 3.22. The Morgan fingerprint density at radius 2 is 1.21 bits per heavy atom. The van der Waals surface area contributed by atoms with Crippen LogP contribution in [0.3, 0.4) is 0 Å². The molecule has 1 unspecified atom stereocenters. The molecule has 0 aliphatic rings. The van der Waals surface area contributed by atoms with Gasteiger partial charge in [-0.1, -0.05) is 103 Å². The minimum Gasteiger partial charge on any atom is -0.387 e. The standard InChI is InChI=1S/C24H21NOS2/c1-18(26)22-23(27-17-25-22)28-24(19-11-5-2-6-12-19,20-13-7-3-8-14-20)21-15-9-4-10-16-21/h2-18,26H,1H3. The molecule has 0 aliphatic carbocycles. The smallest absolute Gasteiger partial charge is 0.0962 e. The third-order valence-corrected chi connectivity index (χ3v) is 7.32. The van der Waals surface area contributed by atoms with E-state index in [9.17, 15) is 5.11 Å². The van der Waals surface area contributed by atoms with Gasteiger partial charge in [-0.2, -0.15) is 0 Å². The summed E-state index contributed by atoms with van der Waals surface area (Å²) in [5.41, 5.74) is 6.14. The van der Waals surface area contributed by atoms with Crippen LogP contribution in [0.4, 0.5) is 0 Å². The van der Waals surface area contributed by atoms with Crippen molar-refractivity contribution < 1.29 is 5.11 Å². The first-order chi connectivity index (χ1) is 13.7. The lowest BCUT2D eigenvalue weighted by Gasteiger charge is -2.35. The third kappa shape index (κ3) is 3.51. The first kappa shape index (κ1) is 18.9. The molecule has 4 aromatic rings. The first-order valence-corrected chi connectivity index (χ1v) is 10.9. The molecular formula is C24H21NOS2. The maximum absolute atomic E-state index is 10.2. The molecule has 1 heterocycles. The zero-order valence-electron chi connectivity index (χ0n) is 15.5. The van der Waals surface area contributed by atoms with Crippen LogP contribution in [-0.4, -0.2) is 10.1 Å². The number of aromatic nitrogens is 1. The zero-order chi connectivity index (χ0) is 19.4. The summed E-state index contributed by atoms with van der Waals surface area (Å²) in [6.45, 7) is 1.77. The van der Waals surface area contributed by atoms with Gasteiger partial charge in [-0.15, -0.1) is 11.3 Å². The van der Waals surface area contributed by atoms with E-state index < -0.39 is 10.9 Å². The lowest BCUT2D eigenvalue weighted by molar-refractivity contribution is 0.192. The van der Waals surface area contributed by atoms with Gasteiger partial charge in [0.25, 0.3) is 0 Å². The molecule has 0 saturated heterocycles. The van der Waals surface area contributed by atoms with Crippen molar-refractivity contribution in [2.24, 2.45) is 0 Å². The van der Waals surface area contributed by atoms with E-state index in [1.54, 1.807) is 30.0 Å². The fourth-order valence-corrected chi connectivity index (χ4v) is 6.10. The Labute approximate surface area is 173 Å². The van der Waals surface area contributed by atoms with Crippen molar-refractivity contribution in [2.75, 3.05) is 0 Å². The summed E-state index contributed by atoms with van der Waals surface area (Å²) in [4.78, 5) is 4.43. The van der Waals surface area contributed by atoms with Crippen LogP contribution < -0.4 is 0 Å². The molecule has 0 spiro atoms. The average molecular weight is 404 g/mol. The zero-order valence-corrected chi connectivity index (χ0v) is 17.2. The molecule has 0 amide bonds. The summed E-state index contributed by atoms with van der Waals surface area (Å²) in [6, 6.07) is 31.7. The Bertz CT molecular complexity index is 918. The number of aliphatic hydroxyl groups excluding tert-OH is 1. The van der Waals surface area contributed by atoms with E-state index in [1.807, 2.05) is 23.7 Å². The molecule has 0 saturated carbocycles. The van der Waals surface area contributed by atoms with Crippen LogP contribution in [-0.2, 0) is 4.75 Å². The van der Waals surface area contributed by atoms with Crippen molar-refractivity contribution in [3.05, 3.63) is 119 Å². The van der Waals surface area contributed by atoms with Crippen LogP contribution in [0.2, 0.25) is 0 Å². The highest BCUT2D eigenvalue weighted by Gasteiger charge is 2.39. The molecule has 0 bridgehead atoms. The number of aliphatic hydroxyl groups is 1. The molecule has 2 nitrogen and oxygen atoms in total. The van der Waals surface area contributed by atoms with Gasteiger partial charge >= 0.3 is 0 Å². The normalized spacial score (nSPS) is 12.6. The summed E-state index contributed by atoms with van der Waals surface area (Å²) >= 11 is 3.33. The SMILES string of the molecule is CC(O)c1ncsc1SC(c1ccccc1)(c1ccccc1)c1ccccc1. The molecule has 4 rings (SSSR count). The summed E-state index contributed by atoms with van der Waals surface area (Å²) in [5.74, 6) is 0. The van der Waals surface area contributed by atoms with Crippen LogP contribution in [0, 0.1) is 0 Å². The topological polar surface area (TPSA) is 33.1 Å². The van der Waals surface area contributed by atoms with E-state index in [0.29, 0.717) is 0 Å². The summed E-state index contributed by atoms with van der Waals surface area (Å²) in [6.07, 6.45) is -0.603. The molecule has 28 heavy (non-hydrogen) atoms. The predicted molar refractivity (Wildman–Crippen MR) is 118 cm³/mol. The maximum Gasteiger partial charge on any atom is 0.0962 e. The van der Waals surface area contributed by atoms with E-state index in [4.69, 9.17) is 0 Å². The minimum absolute atomic E-state index is 0.444. The second-order valence-electron chi connectivity index (χ2n) is 6.58. The lowest BCUT2D eigenvalue weighted by Crippen LogP contribution is -2.25. The number of benzene rings is 3. The van der Waals surface area contributed by atoms with Gasteiger partial charge in [0.05, 0.1) is 26.3 Å². The molecule has 140 valence electrons. The molecule has 3 aromatic carbocycles. The highest BCUT2D eigenvalue weighted by Crippen LogP contribution is 2.53. The van der Waals surface area contributed by atoms with Gasteiger partial charge in [0.15, 0.2) is 0 Å². The quantitative estimate of drug-likeness (QED) is 0.304. The number of rotatable bonds is 6. The van der Waals surface area contributed by atoms with Gasteiger partial charge in [-0.25, -0.2) is 4.98 Å². The van der Waals surface area contributed by atoms with Crippen LogP contribution in [0.25, 0.3) is 0 Å². The molecular weight excluding hydrogens is 382 g/mol. The van der Waals surface area contributed by atoms with E-state index in [2.05, 4.69) is 77.8 Å². The Morgan fingerprint density at radius 1 is 0.786 bits per heavy atom. The van der Waals surface area contributed by atoms with Gasteiger partial charge < -0.3 is 5.11 Å². The number of thiazole rings is 1. The monoisotopic (exact) mass is 403 g/mol. The molecule has 1 atom stereocenters. The molecule has 0 radical (unpaired) electrons. The van der Waals surface area contributed by atoms with Crippen LogP contribution in [0.15, 0.2) is 101 Å². The van der Waals surface area contributed by atoms with Crippen LogP contribution >= 0.6 is 23.1 Å². The van der Waals surface area contributed by atoms with Gasteiger partial charge in [0, 0.05) is 0 Å². The maximum atomic E-state index is 10.2. The summed E-state index contributed by atoms with van der Waals surface area (Å²) in [5, 5.41) is 10.2. The van der Waals surface area contributed by atoms with Crippen molar-refractivity contribution in [1.82, 2.24) is 4.98 Å². The van der Waals surface area contributed by atoms with Crippen molar-refractivity contribution >= 4 is 23.1 Å². The Balaban J connectivity index is 2.00.